The molecule has 0 radical (unpaired) electrons. The maximum atomic E-state index is 12.8. The second-order valence-electron chi connectivity index (χ2n) is 3.56. The quantitative estimate of drug-likeness (QED) is 0.429. The first-order valence-corrected chi connectivity index (χ1v) is 5.83. The van der Waals surface area contributed by atoms with Gasteiger partial charge in [0.15, 0.2) is 0 Å². The van der Waals surface area contributed by atoms with E-state index in [2.05, 4.69) is 16.7 Å². The van der Waals surface area contributed by atoms with Crippen molar-refractivity contribution in [3.63, 3.8) is 0 Å². The fourth-order valence-electron chi connectivity index (χ4n) is 1.38. The fraction of sp³-hybridized carbons (Fsp3) is 0.636. The molecule has 0 aliphatic carbocycles. The minimum absolute atomic E-state index is 0.0212. The molecule has 19 heavy (non-hydrogen) atoms. The number of methoxy groups -OCH3 is 1. The molecule has 0 heterocycles. The predicted molar refractivity (Wildman–Crippen MR) is 70.7 cm³/mol. The zero-order chi connectivity index (χ0) is 15.1. The van der Waals surface area contributed by atoms with Crippen LogP contribution < -0.4 is 0 Å². The Bertz CT molecular complexity index is 356. The average molecular weight is 300 g/mol. The zero-order valence-electron chi connectivity index (χ0n) is 11.0. The smallest absolute Gasteiger partial charge is 0.361 e. The third-order valence-corrected chi connectivity index (χ3v) is 2.45. The molecule has 0 aliphatic heterocycles. The van der Waals surface area contributed by atoms with Crippen LogP contribution in [0.5, 0.6) is 0 Å². The summed E-state index contributed by atoms with van der Waals surface area (Å²) >= 11 is 5.79. The molecule has 0 saturated carbocycles. The molecule has 0 bridgehead atoms. The first kappa shape index (κ1) is 17.9. The number of hydrogen-bond acceptors (Lipinski definition) is 3. The highest BCUT2D eigenvalue weighted by Crippen LogP contribution is 2.23. The molecule has 0 fully saturated rings. The summed E-state index contributed by atoms with van der Waals surface area (Å²) in [5.74, 6) is -1.00. The Morgan fingerprint density at radius 3 is 2.47 bits per heavy atom. The highest BCUT2D eigenvalue weighted by molar-refractivity contribution is 6.29. The van der Waals surface area contributed by atoms with Crippen LogP contribution in [0.4, 0.5) is 13.2 Å². The molecule has 0 aromatic heterocycles. The van der Waals surface area contributed by atoms with Gasteiger partial charge in [0.05, 0.1) is 0 Å². The summed E-state index contributed by atoms with van der Waals surface area (Å²) in [4.78, 5) is 7.80. The van der Waals surface area contributed by atoms with Crippen molar-refractivity contribution < 1.29 is 17.9 Å². The lowest BCUT2D eigenvalue weighted by molar-refractivity contribution is -0.0809. The van der Waals surface area contributed by atoms with Gasteiger partial charge in [0, 0.05) is 38.4 Å². The maximum Gasteiger partial charge on any atom is 0.449 e. The van der Waals surface area contributed by atoms with Crippen LogP contribution in [0.3, 0.4) is 0 Å². The van der Waals surface area contributed by atoms with Crippen molar-refractivity contribution >= 4 is 24.2 Å². The van der Waals surface area contributed by atoms with Crippen LogP contribution in [0.2, 0.25) is 0 Å². The van der Waals surface area contributed by atoms with Crippen LogP contribution >= 0.6 is 11.6 Å². The lowest BCUT2D eigenvalue weighted by Crippen LogP contribution is -2.45. The molecule has 0 rings (SSSR count). The molecule has 0 saturated heterocycles. The number of ether oxygens (including phenoxy) is 1. The van der Waals surface area contributed by atoms with Crippen LogP contribution in [0.15, 0.2) is 21.2 Å². The van der Waals surface area contributed by atoms with Gasteiger partial charge in [-0.05, 0) is 13.6 Å². The van der Waals surface area contributed by atoms with Gasteiger partial charge in [-0.1, -0.05) is 11.6 Å². The van der Waals surface area contributed by atoms with Gasteiger partial charge in [0.25, 0.3) is 0 Å². The Morgan fingerprint density at radius 2 is 2.11 bits per heavy atom. The van der Waals surface area contributed by atoms with Crippen molar-refractivity contribution in [2.24, 2.45) is 9.98 Å². The molecule has 4 nitrogen and oxygen atoms in total. The molecule has 110 valence electrons. The first-order valence-electron chi connectivity index (χ1n) is 5.45. The van der Waals surface area contributed by atoms with E-state index in [1.165, 1.54) is 27.3 Å². The summed E-state index contributed by atoms with van der Waals surface area (Å²) < 4.78 is 43.5. The van der Waals surface area contributed by atoms with Crippen LogP contribution in [-0.2, 0) is 4.74 Å². The summed E-state index contributed by atoms with van der Waals surface area (Å²) in [6.45, 7) is 4.76. The monoisotopic (exact) mass is 299 g/mol. The first-order chi connectivity index (χ1) is 8.77. The summed E-state index contributed by atoms with van der Waals surface area (Å²) in [6, 6.07) is 0. The van der Waals surface area contributed by atoms with Crippen LogP contribution in [0, 0.1) is 0 Å². The number of hydrogen-bond donors (Lipinski definition) is 0. The van der Waals surface area contributed by atoms with Gasteiger partial charge < -0.3 is 9.64 Å². The number of aliphatic imine (C=N–C) groups is 2. The van der Waals surface area contributed by atoms with E-state index in [0.29, 0.717) is 0 Å². The maximum absolute atomic E-state index is 12.8. The standard InChI is InChI=1S/C11H17ClF3N3O/c1-5-17-10(11(13,14)15)18(3)9(19-4)6-8(12)7-16-2/h7,9H,2,5-6H2,1,3-4H3/b8-7+,17-10?. The zero-order valence-corrected chi connectivity index (χ0v) is 11.8. The lowest BCUT2D eigenvalue weighted by atomic mass is 10.3. The van der Waals surface area contributed by atoms with Crippen LogP contribution in [-0.4, -0.2) is 50.6 Å². The molecule has 0 N–H and O–H groups in total. The minimum atomic E-state index is -4.55. The van der Waals surface area contributed by atoms with Crippen molar-refractivity contribution in [2.75, 3.05) is 20.7 Å². The van der Waals surface area contributed by atoms with Gasteiger partial charge in [-0.15, -0.1) is 0 Å². The molecular weight excluding hydrogens is 283 g/mol. The molecule has 0 amide bonds. The van der Waals surface area contributed by atoms with Crippen molar-refractivity contribution in [1.82, 2.24) is 4.90 Å². The number of halogens is 4. The topological polar surface area (TPSA) is 37.2 Å². The molecule has 0 aromatic carbocycles. The Kier molecular flexibility index (Phi) is 7.70. The second-order valence-corrected chi connectivity index (χ2v) is 4.05. The van der Waals surface area contributed by atoms with E-state index in [4.69, 9.17) is 16.3 Å². The summed E-state index contributed by atoms with van der Waals surface area (Å²) in [5.41, 5.74) is 0. The van der Waals surface area contributed by atoms with Crippen LogP contribution in [0.25, 0.3) is 0 Å². The number of nitrogens with zero attached hydrogens (tertiary/aromatic N) is 3. The molecule has 0 aromatic rings. The van der Waals surface area contributed by atoms with E-state index >= 15 is 0 Å². The molecule has 1 unspecified atom stereocenters. The normalized spacial score (nSPS) is 15.3. The minimum Gasteiger partial charge on any atom is -0.361 e. The van der Waals surface area contributed by atoms with E-state index in [1.54, 1.807) is 0 Å². The van der Waals surface area contributed by atoms with Crippen molar-refractivity contribution in [2.45, 2.75) is 25.7 Å². The number of alkyl halides is 3. The summed E-state index contributed by atoms with van der Waals surface area (Å²) in [7, 11) is 2.55. The van der Waals surface area contributed by atoms with Gasteiger partial charge in [0.1, 0.15) is 6.23 Å². The van der Waals surface area contributed by atoms with E-state index in [1.807, 2.05) is 0 Å². The van der Waals surface area contributed by atoms with Gasteiger partial charge >= 0.3 is 6.18 Å². The molecule has 0 spiro atoms. The fourth-order valence-corrected chi connectivity index (χ4v) is 1.59. The Morgan fingerprint density at radius 1 is 1.53 bits per heavy atom. The van der Waals surface area contributed by atoms with Gasteiger partial charge in [-0.25, -0.2) is 0 Å². The Labute approximate surface area is 115 Å². The highest BCUT2D eigenvalue weighted by Gasteiger charge is 2.40. The van der Waals surface area contributed by atoms with E-state index in [9.17, 15) is 13.2 Å². The largest absolute Gasteiger partial charge is 0.449 e. The van der Waals surface area contributed by atoms with Crippen molar-refractivity contribution in [3.05, 3.63) is 11.2 Å². The van der Waals surface area contributed by atoms with E-state index < -0.39 is 18.2 Å². The predicted octanol–water partition coefficient (Wildman–Crippen LogP) is 3.04. The Balaban J connectivity index is 5.09. The lowest BCUT2D eigenvalue weighted by Gasteiger charge is -2.30. The Hall–Kier alpha value is -1.08. The van der Waals surface area contributed by atoms with Gasteiger partial charge in [0.2, 0.25) is 5.84 Å². The molecule has 1 atom stereocenters. The highest BCUT2D eigenvalue weighted by atomic mass is 35.5. The molecular formula is C11H17ClF3N3O. The average Bonchev–Trinajstić information content (AvgIpc) is 2.31. The third-order valence-electron chi connectivity index (χ3n) is 2.20. The van der Waals surface area contributed by atoms with Crippen molar-refractivity contribution in [1.29, 1.82) is 0 Å². The molecule has 8 heteroatoms. The number of amidine groups is 1. The van der Waals surface area contributed by atoms with E-state index in [0.717, 1.165) is 4.90 Å². The SMILES string of the molecule is C=N/C=C(/Cl)CC(OC)N(C)C(=NCC)C(F)(F)F. The second kappa shape index (κ2) is 8.16. The van der Waals surface area contributed by atoms with Crippen molar-refractivity contribution in [3.8, 4) is 0 Å². The van der Waals surface area contributed by atoms with Crippen LogP contribution in [0.1, 0.15) is 13.3 Å². The van der Waals surface area contributed by atoms with Gasteiger partial charge in [-0.2, -0.15) is 13.2 Å². The summed E-state index contributed by atoms with van der Waals surface area (Å²) in [6.07, 6.45) is -4.13. The molecule has 0 aliphatic rings. The van der Waals surface area contributed by atoms with E-state index in [-0.39, 0.29) is 18.0 Å². The number of rotatable bonds is 6. The van der Waals surface area contributed by atoms with Gasteiger partial charge in [-0.3, -0.25) is 9.98 Å². The third kappa shape index (κ3) is 6.07. The summed E-state index contributed by atoms with van der Waals surface area (Å²) in [5, 5.41) is 0.242.